The lowest BCUT2D eigenvalue weighted by Gasteiger charge is -2.11. The van der Waals surface area contributed by atoms with Gasteiger partial charge in [0.15, 0.2) is 0 Å². The molecule has 0 bridgehead atoms. The molecular formula is C38H22N4OS. The van der Waals surface area contributed by atoms with E-state index in [0.717, 1.165) is 50.3 Å². The van der Waals surface area contributed by atoms with Crippen LogP contribution in [-0.4, -0.2) is 18.9 Å². The number of nitrogens with zero attached hydrogens (tertiary/aromatic N) is 4. The fourth-order valence-corrected chi connectivity index (χ4v) is 7.96. The van der Waals surface area contributed by atoms with Crippen LogP contribution in [0.25, 0.3) is 75.1 Å². The molecule has 5 nitrogen and oxygen atoms in total. The van der Waals surface area contributed by atoms with Crippen molar-refractivity contribution in [3.63, 3.8) is 0 Å². The number of hydrogen-bond donors (Lipinski definition) is 0. The molecule has 0 saturated carbocycles. The summed E-state index contributed by atoms with van der Waals surface area (Å²) < 4.78 is 13.6. The molecule has 0 N–H and O–H groups in total. The van der Waals surface area contributed by atoms with Gasteiger partial charge >= 0.3 is 0 Å². The van der Waals surface area contributed by atoms with Gasteiger partial charge < -0.3 is 4.74 Å². The van der Waals surface area contributed by atoms with E-state index < -0.39 is 0 Å². The first-order valence-electron chi connectivity index (χ1n) is 14.6. The monoisotopic (exact) mass is 582 g/mol. The maximum absolute atomic E-state index is 6.59. The highest BCUT2D eigenvalue weighted by molar-refractivity contribution is 7.26. The molecule has 5 aromatic carbocycles. The van der Waals surface area contributed by atoms with Crippen LogP contribution in [0.3, 0.4) is 0 Å². The zero-order chi connectivity index (χ0) is 28.8. The first-order valence-corrected chi connectivity index (χ1v) is 15.4. The van der Waals surface area contributed by atoms with Gasteiger partial charge in [0.2, 0.25) is 0 Å². The highest BCUT2D eigenvalue weighted by Gasteiger charge is 2.19. The van der Waals surface area contributed by atoms with Crippen LogP contribution in [-0.2, 0) is 0 Å². The number of fused-ring (bicyclic) bond motifs is 13. The number of hydrogen-bond acceptors (Lipinski definition) is 4. The quantitative estimate of drug-likeness (QED) is 0.195. The van der Waals surface area contributed by atoms with Crippen LogP contribution >= 0.6 is 11.3 Å². The van der Waals surface area contributed by atoms with Gasteiger partial charge in [-0.25, -0.2) is 9.97 Å². The van der Waals surface area contributed by atoms with Crippen LogP contribution in [0, 0.1) is 0 Å². The Hall–Kier alpha value is -5.72. The normalized spacial score (nSPS) is 12.1. The number of imidazole rings is 1. The third-order valence-corrected chi connectivity index (χ3v) is 9.82. The summed E-state index contributed by atoms with van der Waals surface area (Å²) in [5.74, 6) is 2.41. The summed E-state index contributed by atoms with van der Waals surface area (Å²) in [6, 6.07) is 40.3. The Balaban J connectivity index is 1.20. The van der Waals surface area contributed by atoms with Crippen molar-refractivity contribution in [3.05, 3.63) is 134 Å². The minimum absolute atomic E-state index is 0.767. The Morgan fingerprint density at radius 3 is 2.25 bits per heavy atom. The van der Waals surface area contributed by atoms with Crippen molar-refractivity contribution >= 4 is 80.6 Å². The number of ether oxygens (including phenoxy) is 1. The Morgan fingerprint density at radius 1 is 0.523 bits per heavy atom. The Labute approximate surface area is 254 Å². The maximum Gasteiger partial charge on any atom is 0.145 e. The lowest BCUT2D eigenvalue weighted by atomic mass is 10.1. The average Bonchev–Trinajstić information content (AvgIpc) is 3.79. The summed E-state index contributed by atoms with van der Waals surface area (Å²) in [5.41, 5.74) is 4.25. The van der Waals surface area contributed by atoms with Crippen molar-refractivity contribution in [2.24, 2.45) is 0 Å². The topological polar surface area (TPSA) is 44.4 Å². The van der Waals surface area contributed by atoms with E-state index in [1.54, 1.807) is 0 Å². The molecule has 0 unspecified atom stereocenters. The van der Waals surface area contributed by atoms with Crippen molar-refractivity contribution < 1.29 is 4.74 Å². The highest BCUT2D eigenvalue weighted by atomic mass is 32.1. The minimum Gasteiger partial charge on any atom is -0.457 e. The van der Waals surface area contributed by atoms with E-state index in [2.05, 4.69) is 106 Å². The molecule has 0 aliphatic carbocycles. The van der Waals surface area contributed by atoms with Gasteiger partial charge in [0, 0.05) is 66.4 Å². The van der Waals surface area contributed by atoms with Crippen LogP contribution in [0.5, 0.6) is 11.5 Å². The molecule has 0 radical (unpaired) electrons. The summed E-state index contributed by atoms with van der Waals surface area (Å²) in [4.78, 5) is 9.46. The largest absolute Gasteiger partial charge is 0.457 e. The van der Waals surface area contributed by atoms with E-state index >= 15 is 0 Å². The number of pyridine rings is 2. The van der Waals surface area contributed by atoms with Gasteiger partial charge in [-0.05, 0) is 72.1 Å². The van der Waals surface area contributed by atoms with Crippen molar-refractivity contribution in [2.45, 2.75) is 0 Å². The molecule has 5 heterocycles. The van der Waals surface area contributed by atoms with Gasteiger partial charge in [-0.2, -0.15) is 0 Å². The maximum atomic E-state index is 6.59. The summed E-state index contributed by atoms with van der Waals surface area (Å²) in [7, 11) is 0. The smallest absolute Gasteiger partial charge is 0.145 e. The molecular weight excluding hydrogens is 561 g/mol. The first kappa shape index (κ1) is 23.8. The van der Waals surface area contributed by atoms with Gasteiger partial charge in [0.1, 0.15) is 23.0 Å². The van der Waals surface area contributed by atoms with Crippen molar-refractivity contribution in [3.8, 4) is 17.3 Å². The molecule has 0 amide bonds. The molecule has 0 spiro atoms. The lowest BCUT2D eigenvalue weighted by Crippen LogP contribution is -1.96. The number of thiophene rings is 1. The highest BCUT2D eigenvalue weighted by Crippen LogP contribution is 2.44. The first-order chi connectivity index (χ1) is 21.8. The fourth-order valence-electron chi connectivity index (χ4n) is 6.85. The second-order valence-electron chi connectivity index (χ2n) is 11.1. The van der Waals surface area contributed by atoms with Gasteiger partial charge in [0.25, 0.3) is 0 Å². The van der Waals surface area contributed by atoms with Crippen LogP contribution in [0.2, 0.25) is 0 Å². The number of benzene rings is 5. The van der Waals surface area contributed by atoms with E-state index in [-0.39, 0.29) is 0 Å². The van der Waals surface area contributed by atoms with E-state index in [9.17, 15) is 0 Å². The third kappa shape index (κ3) is 3.28. The van der Waals surface area contributed by atoms with Gasteiger partial charge in [-0.1, -0.05) is 42.5 Å². The van der Waals surface area contributed by atoms with E-state index in [4.69, 9.17) is 14.7 Å². The number of rotatable bonds is 3. The van der Waals surface area contributed by atoms with Crippen LogP contribution in [0.15, 0.2) is 134 Å². The van der Waals surface area contributed by atoms with Crippen LogP contribution < -0.4 is 4.74 Å². The minimum atomic E-state index is 0.767. The summed E-state index contributed by atoms with van der Waals surface area (Å²) in [6.07, 6.45) is 5.72. The van der Waals surface area contributed by atoms with Gasteiger partial charge in [-0.15, -0.1) is 11.3 Å². The van der Waals surface area contributed by atoms with Crippen molar-refractivity contribution in [1.82, 2.24) is 18.9 Å². The molecule has 6 heteroatoms. The Kier molecular flexibility index (Phi) is 4.81. The molecule has 0 aliphatic rings. The molecule has 5 aromatic heterocycles. The zero-order valence-electron chi connectivity index (χ0n) is 23.3. The van der Waals surface area contributed by atoms with Gasteiger partial charge in [-0.3, -0.25) is 8.97 Å². The molecule has 44 heavy (non-hydrogen) atoms. The molecule has 0 atom stereocenters. The van der Waals surface area contributed by atoms with E-state index in [1.807, 2.05) is 48.1 Å². The lowest BCUT2D eigenvalue weighted by molar-refractivity contribution is 0.484. The van der Waals surface area contributed by atoms with Crippen LogP contribution in [0.4, 0.5) is 0 Å². The second kappa shape index (κ2) is 8.89. The van der Waals surface area contributed by atoms with Gasteiger partial charge in [0.05, 0.1) is 16.6 Å². The fraction of sp³-hybridized carbons (Fsp3) is 0. The predicted octanol–water partition coefficient (Wildman–Crippen LogP) is 10.3. The average molecular weight is 583 g/mol. The van der Waals surface area contributed by atoms with Crippen molar-refractivity contribution in [2.75, 3.05) is 0 Å². The molecule has 0 aliphatic heterocycles. The molecule has 0 saturated heterocycles. The van der Waals surface area contributed by atoms with Crippen LogP contribution in [0.1, 0.15) is 0 Å². The summed E-state index contributed by atoms with van der Waals surface area (Å²) >= 11 is 1.84. The molecule has 10 aromatic rings. The summed E-state index contributed by atoms with van der Waals surface area (Å²) in [6.45, 7) is 0. The molecule has 10 rings (SSSR count). The van der Waals surface area contributed by atoms with E-state index in [0.29, 0.717) is 0 Å². The van der Waals surface area contributed by atoms with Crippen molar-refractivity contribution in [1.29, 1.82) is 0 Å². The molecule has 0 fully saturated rings. The molecule has 206 valence electrons. The standard InChI is InChI=1S/C38H22N4OS/c1-3-9-30-26(7-1)25-14-12-23(21-29(25)38-40-19-20-41(30)38)43-24-13-15-27-32(22-24)42(35-11-5-6-18-39-35)31-16-17-34-37(36(27)31)28-8-2-4-10-33(28)44-34/h1-22H. The SMILES string of the molecule is c1ccc(-n2c3cc(Oc4ccc5c6ccccc6n6ccnc6c5c4)ccc3c3c4c(ccc32)sc2ccccc24)nc1. The Bertz CT molecular complexity index is 2750. The number of para-hydroxylation sites is 1. The predicted molar refractivity (Wildman–Crippen MR) is 182 cm³/mol. The number of aromatic nitrogens is 4. The zero-order valence-corrected chi connectivity index (χ0v) is 24.1. The Morgan fingerprint density at radius 2 is 1.34 bits per heavy atom. The second-order valence-corrected chi connectivity index (χ2v) is 12.2. The third-order valence-electron chi connectivity index (χ3n) is 8.68. The summed E-state index contributed by atoms with van der Waals surface area (Å²) in [5, 5.41) is 8.40. The van der Waals surface area contributed by atoms with E-state index in [1.165, 1.54) is 36.3 Å².